The molecule has 0 spiro atoms. The number of carbonyl (C=O) groups is 1. The summed E-state index contributed by atoms with van der Waals surface area (Å²) in [6, 6.07) is 5.06. The first-order chi connectivity index (χ1) is 9.58. The number of nitrogens with two attached hydrogens (primary N) is 1. The molecule has 6 heteroatoms. The number of ether oxygens (including phenoxy) is 1. The number of carbonyl (C=O) groups excluding carboxylic acids is 1. The number of benzene rings is 1. The van der Waals surface area contributed by atoms with Gasteiger partial charge < -0.3 is 15.8 Å². The number of nitrogens with one attached hydrogen (secondary N) is 1. The lowest BCUT2D eigenvalue weighted by Gasteiger charge is -2.30. The molecule has 1 fully saturated rings. The van der Waals surface area contributed by atoms with Crippen LogP contribution in [-0.4, -0.2) is 43.7 Å². The second-order valence-corrected chi connectivity index (χ2v) is 5.41. The molecule has 2 rings (SSSR count). The van der Waals surface area contributed by atoms with Crippen LogP contribution < -0.4 is 11.1 Å². The second kappa shape index (κ2) is 6.92. The number of hydrogen-bond acceptors (Lipinski definition) is 4. The monoisotopic (exact) mass is 297 g/mol. The summed E-state index contributed by atoms with van der Waals surface area (Å²) in [4.78, 5) is 14.1. The molecule has 3 N–H and O–H groups in total. The highest BCUT2D eigenvalue weighted by Crippen LogP contribution is 2.24. The lowest BCUT2D eigenvalue weighted by molar-refractivity contribution is -0.117. The summed E-state index contributed by atoms with van der Waals surface area (Å²) >= 11 is 6.03. The number of rotatable bonds is 4. The minimum absolute atomic E-state index is 0.0625. The van der Waals surface area contributed by atoms with E-state index in [1.54, 1.807) is 25.3 Å². The summed E-state index contributed by atoms with van der Waals surface area (Å²) in [6.07, 6.45) is 2.25. The Morgan fingerprint density at radius 1 is 1.50 bits per heavy atom. The maximum atomic E-state index is 12.0. The number of methoxy groups -OCH3 is 1. The van der Waals surface area contributed by atoms with Gasteiger partial charge in [-0.1, -0.05) is 11.6 Å². The van der Waals surface area contributed by atoms with Gasteiger partial charge in [-0.25, -0.2) is 0 Å². The van der Waals surface area contributed by atoms with Gasteiger partial charge in [0.2, 0.25) is 5.91 Å². The zero-order valence-electron chi connectivity index (χ0n) is 11.6. The zero-order valence-corrected chi connectivity index (χ0v) is 12.3. The highest BCUT2D eigenvalue weighted by Gasteiger charge is 2.20. The van der Waals surface area contributed by atoms with Crippen molar-refractivity contribution in [1.29, 1.82) is 0 Å². The largest absolute Gasteiger partial charge is 0.399 e. The van der Waals surface area contributed by atoms with Crippen LogP contribution in [0.1, 0.15) is 12.8 Å². The quantitative estimate of drug-likeness (QED) is 0.834. The molecular weight excluding hydrogens is 278 g/mol. The lowest BCUT2D eigenvalue weighted by atomic mass is 10.1. The third kappa shape index (κ3) is 4.10. The number of likely N-dealkylation sites (tertiary alicyclic amines) is 1. The lowest BCUT2D eigenvalue weighted by Crippen LogP contribution is -2.41. The summed E-state index contributed by atoms with van der Waals surface area (Å²) in [7, 11) is 1.73. The average Bonchev–Trinajstić information content (AvgIpc) is 2.43. The van der Waals surface area contributed by atoms with Crippen molar-refractivity contribution in [3.05, 3.63) is 23.2 Å². The molecule has 0 aliphatic carbocycles. The molecule has 5 nitrogen and oxygen atoms in total. The van der Waals surface area contributed by atoms with Gasteiger partial charge in [-0.05, 0) is 31.0 Å². The molecule has 110 valence electrons. The topological polar surface area (TPSA) is 67.6 Å². The standard InChI is InChI=1S/C14H20ClN3O2/c1-20-11-4-6-18(7-5-11)9-14(19)17-13-3-2-10(16)8-12(13)15/h2-3,8,11H,4-7,9,16H2,1H3,(H,17,19). The Bertz CT molecular complexity index is 473. The third-order valence-electron chi connectivity index (χ3n) is 3.50. The van der Waals surface area contributed by atoms with Crippen LogP contribution in [0.2, 0.25) is 5.02 Å². The Hall–Kier alpha value is -1.30. The fourth-order valence-electron chi connectivity index (χ4n) is 2.33. The molecule has 0 atom stereocenters. The van der Waals surface area contributed by atoms with Crippen molar-refractivity contribution in [2.45, 2.75) is 18.9 Å². The SMILES string of the molecule is COC1CCN(CC(=O)Nc2ccc(N)cc2Cl)CC1. The van der Waals surface area contributed by atoms with Crippen LogP contribution in [0, 0.1) is 0 Å². The van der Waals surface area contributed by atoms with Crippen LogP contribution in [-0.2, 0) is 9.53 Å². The van der Waals surface area contributed by atoms with Gasteiger partial charge >= 0.3 is 0 Å². The van der Waals surface area contributed by atoms with Gasteiger partial charge in [-0.3, -0.25) is 9.69 Å². The first kappa shape index (κ1) is 15.1. The molecule has 0 aromatic heterocycles. The first-order valence-electron chi connectivity index (χ1n) is 6.68. The van der Waals surface area contributed by atoms with E-state index in [9.17, 15) is 4.79 Å². The Kier molecular flexibility index (Phi) is 5.23. The molecule has 20 heavy (non-hydrogen) atoms. The predicted octanol–water partition coefficient (Wildman–Crippen LogP) is 1.97. The molecule has 1 heterocycles. The Labute approximate surface area is 124 Å². The molecule has 1 aromatic carbocycles. The molecule has 0 unspecified atom stereocenters. The minimum atomic E-state index is -0.0625. The summed E-state index contributed by atoms with van der Waals surface area (Å²) in [5.41, 5.74) is 6.79. The van der Waals surface area contributed by atoms with E-state index in [1.807, 2.05) is 0 Å². The maximum absolute atomic E-state index is 12.0. The van der Waals surface area contributed by atoms with Gasteiger partial charge in [-0.15, -0.1) is 0 Å². The Balaban J connectivity index is 1.84. The van der Waals surface area contributed by atoms with Gasteiger partial charge in [0.25, 0.3) is 0 Å². The first-order valence-corrected chi connectivity index (χ1v) is 7.06. The molecule has 0 radical (unpaired) electrons. The van der Waals surface area contributed by atoms with E-state index in [-0.39, 0.29) is 5.91 Å². The normalized spacial score (nSPS) is 17.1. The van der Waals surface area contributed by atoms with Gasteiger partial charge in [0.05, 0.1) is 23.4 Å². The maximum Gasteiger partial charge on any atom is 0.238 e. The molecule has 1 amide bonds. The van der Waals surface area contributed by atoms with E-state index < -0.39 is 0 Å². The predicted molar refractivity (Wildman–Crippen MR) is 81.0 cm³/mol. The molecule has 0 bridgehead atoms. The van der Waals surface area contributed by atoms with Gasteiger partial charge in [-0.2, -0.15) is 0 Å². The van der Waals surface area contributed by atoms with Crippen molar-refractivity contribution in [2.24, 2.45) is 0 Å². The fraction of sp³-hybridized carbons (Fsp3) is 0.500. The van der Waals surface area contributed by atoms with Crippen molar-refractivity contribution >= 4 is 28.9 Å². The van der Waals surface area contributed by atoms with Crippen LogP contribution in [0.25, 0.3) is 0 Å². The second-order valence-electron chi connectivity index (χ2n) is 5.00. The van der Waals surface area contributed by atoms with E-state index in [0.717, 1.165) is 25.9 Å². The molecule has 1 aliphatic rings. The van der Waals surface area contributed by atoms with Gasteiger partial charge in [0.15, 0.2) is 0 Å². The summed E-state index contributed by atoms with van der Waals surface area (Å²) in [5, 5.41) is 3.27. The van der Waals surface area contributed by atoms with Crippen LogP contribution in [0.4, 0.5) is 11.4 Å². The van der Waals surface area contributed by atoms with Crippen molar-refractivity contribution in [3.8, 4) is 0 Å². The number of anilines is 2. The number of piperidine rings is 1. The molecule has 1 aliphatic heterocycles. The summed E-state index contributed by atoms with van der Waals surface area (Å²) in [5.74, 6) is -0.0625. The smallest absolute Gasteiger partial charge is 0.238 e. The van der Waals surface area contributed by atoms with Crippen LogP contribution >= 0.6 is 11.6 Å². The van der Waals surface area contributed by atoms with Crippen molar-refractivity contribution in [1.82, 2.24) is 4.90 Å². The minimum Gasteiger partial charge on any atom is -0.399 e. The van der Waals surface area contributed by atoms with Crippen molar-refractivity contribution in [3.63, 3.8) is 0 Å². The van der Waals surface area contributed by atoms with E-state index >= 15 is 0 Å². The van der Waals surface area contributed by atoms with Crippen molar-refractivity contribution in [2.75, 3.05) is 37.8 Å². The number of halogens is 1. The van der Waals surface area contributed by atoms with Crippen LogP contribution in [0.15, 0.2) is 18.2 Å². The average molecular weight is 298 g/mol. The highest BCUT2D eigenvalue weighted by molar-refractivity contribution is 6.34. The number of nitrogens with zero attached hydrogens (tertiary/aromatic N) is 1. The number of amides is 1. The Morgan fingerprint density at radius 3 is 2.80 bits per heavy atom. The van der Waals surface area contributed by atoms with Gasteiger partial charge in [0, 0.05) is 25.9 Å². The molecule has 0 saturated carbocycles. The fourth-order valence-corrected chi connectivity index (χ4v) is 2.56. The van der Waals surface area contributed by atoms with Crippen LogP contribution in [0.3, 0.4) is 0 Å². The third-order valence-corrected chi connectivity index (χ3v) is 3.82. The highest BCUT2D eigenvalue weighted by atomic mass is 35.5. The van der Waals surface area contributed by atoms with E-state index in [2.05, 4.69) is 10.2 Å². The summed E-state index contributed by atoms with van der Waals surface area (Å²) < 4.78 is 5.31. The Morgan fingerprint density at radius 2 is 2.20 bits per heavy atom. The zero-order chi connectivity index (χ0) is 14.5. The molecule has 1 aromatic rings. The van der Waals surface area contributed by atoms with Crippen molar-refractivity contribution < 1.29 is 9.53 Å². The van der Waals surface area contributed by atoms with E-state index in [1.165, 1.54) is 0 Å². The number of nitrogen functional groups attached to an aromatic ring is 1. The van der Waals surface area contributed by atoms with E-state index in [4.69, 9.17) is 22.1 Å². The van der Waals surface area contributed by atoms with Crippen LogP contribution in [0.5, 0.6) is 0 Å². The molecule has 1 saturated heterocycles. The van der Waals surface area contributed by atoms with E-state index in [0.29, 0.717) is 29.0 Å². The number of hydrogen-bond donors (Lipinski definition) is 2. The van der Waals surface area contributed by atoms with Gasteiger partial charge in [0.1, 0.15) is 0 Å². The summed E-state index contributed by atoms with van der Waals surface area (Å²) in [6.45, 7) is 2.12. The molecular formula is C14H20ClN3O2.